The van der Waals surface area contributed by atoms with Gasteiger partial charge in [-0.1, -0.05) is 0 Å². The summed E-state index contributed by atoms with van der Waals surface area (Å²) in [7, 11) is 0. The molecule has 0 amide bonds. The van der Waals surface area contributed by atoms with Crippen LogP contribution < -0.4 is 5.32 Å². The van der Waals surface area contributed by atoms with Crippen LogP contribution in [0.2, 0.25) is 0 Å². The lowest BCUT2D eigenvalue weighted by molar-refractivity contribution is 0.158. The van der Waals surface area contributed by atoms with E-state index in [0.29, 0.717) is 12.6 Å². The van der Waals surface area contributed by atoms with E-state index in [4.69, 9.17) is 4.74 Å². The van der Waals surface area contributed by atoms with Gasteiger partial charge in [0.1, 0.15) is 0 Å². The van der Waals surface area contributed by atoms with Crippen molar-refractivity contribution in [3.05, 3.63) is 17.5 Å². The van der Waals surface area contributed by atoms with E-state index in [0.717, 1.165) is 24.5 Å². The van der Waals surface area contributed by atoms with E-state index in [1.165, 1.54) is 0 Å². The highest BCUT2D eigenvalue weighted by molar-refractivity contribution is 5.27. The SMILES string of the molecule is CCOCCNc1nc(C)cc(C)n1. The monoisotopic (exact) mass is 195 g/mol. The van der Waals surface area contributed by atoms with Crippen molar-refractivity contribution in [2.45, 2.75) is 20.8 Å². The summed E-state index contributed by atoms with van der Waals surface area (Å²) in [4.78, 5) is 8.51. The number of anilines is 1. The van der Waals surface area contributed by atoms with Crippen molar-refractivity contribution in [2.24, 2.45) is 0 Å². The van der Waals surface area contributed by atoms with Crippen molar-refractivity contribution < 1.29 is 4.74 Å². The second-order valence-corrected chi connectivity index (χ2v) is 3.10. The Labute approximate surface area is 84.7 Å². The van der Waals surface area contributed by atoms with Gasteiger partial charge in [-0.2, -0.15) is 0 Å². The van der Waals surface area contributed by atoms with Crippen LogP contribution in [0.5, 0.6) is 0 Å². The molecule has 14 heavy (non-hydrogen) atoms. The summed E-state index contributed by atoms with van der Waals surface area (Å²) in [6.45, 7) is 8.08. The predicted molar refractivity (Wildman–Crippen MR) is 56.5 cm³/mol. The Morgan fingerprint density at radius 2 is 1.93 bits per heavy atom. The highest BCUT2D eigenvalue weighted by Crippen LogP contribution is 2.02. The van der Waals surface area contributed by atoms with Gasteiger partial charge in [-0.15, -0.1) is 0 Å². The Hall–Kier alpha value is -1.16. The summed E-state index contributed by atoms with van der Waals surface area (Å²) >= 11 is 0. The Kier molecular flexibility index (Phi) is 4.32. The molecule has 0 bridgehead atoms. The fourth-order valence-corrected chi connectivity index (χ4v) is 1.18. The van der Waals surface area contributed by atoms with Gasteiger partial charge in [-0.25, -0.2) is 9.97 Å². The normalized spacial score (nSPS) is 10.2. The molecule has 78 valence electrons. The van der Waals surface area contributed by atoms with Crippen LogP contribution in [0.15, 0.2) is 6.07 Å². The van der Waals surface area contributed by atoms with Crippen LogP contribution >= 0.6 is 0 Å². The van der Waals surface area contributed by atoms with Crippen molar-refractivity contribution in [1.29, 1.82) is 0 Å². The lowest BCUT2D eigenvalue weighted by atomic mass is 10.4. The summed E-state index contributed by atoms with van der Waals surface area (Å²) in [6, 6.07) is 1.95. The van der Waals surface area contributed by atoms with E-state index in [9.17, 15) is 0 Å². The minimum Gasteiger partial charge on any atom is -0.380 e. The van der Waals surface area contributed by atoms with Gasteiger partial charge < -0.3 is 10.1 Å². The number of nitrogens with one attached hydrogen (secondary N) is 1. The average Bonchev–Trinajstić information content (AvgIpc) is 2.11. The van der Waals surface area contributed by atoms with Crippen LogP contribution in [0.4, 0.5) is 5.95 Å². The molecule has 1 rings (SSSR count). The first-order valence-corrected chi connectivity index (χ1v) is 4.86. The van der Waals surface area contributed by atoms with Crippen molar-refractivity contribution in [1.82, 2.24) is 9.97 Å². The third-order valence-corrected chi connectivity index (χ3v) is 1.72. The van der Waals surface area contributed by atoms with Crippen LogP contribution in [-0.4, -0.2) is 29.7 Å². The van der Waals surface area contributed by atoms with E-state index in [-0.39, 0.29) is 0 Å². The second kappa shape index (κ2) is 5.54. The zero-order valence-electron chi connectivity index (χ0n) is 9.00. The first-order valence-electron chi connectivity index (χ1n) is 4.86. The predicted octanol–water partition coefficient (Wildman–Crippen LogP) is 1.54. The molecule has 0 radical (unpaired) electrons. The van der Waals surface area contributed by atoms with Gasteiger partial charge >= 0.3 is 0 Å². The molecule has 1 aromatic heterocycles. The standard InChI is InChI=1S/C10H17N3O/c1-4-14-6-5-11-10-12-8(2)7-9(3)13-10/h7H,4-6H2,1-3H3,(H,11,12,13). The zero-order valence-corrected chi connectivity index (χ0v) is 9.00. The van der Waals surface area contributed by atoms with Crippen molar-refractivity contribution in [3.8, 4) is 0 Å². The summed E-state index contributed by atoms with van der Waals surface area (Å²) in [5.74, 6) is 0.683. The molecule has 1 heterocycles. The first-order chi connectivity index (χ1) is 6.72. The molecule has 0 aliphatic carbocycles. The molecule has 0 aliphatic heterocycles. The van der Waals surface area contributed by atoms with Gasteiger partial charge in [-0.3, -0.25) is 0 Å². The van der Waals surface area contributed by atoms with Crippen LogP contribution in [0, 0.1) is 13.8 Å². The largest absolute Gasteiger partial charge is 0.380 e. The van der Waals surface area contributed by atoms with E-state index in [2.05, 4.69) is 15.3 Å². The van der Waals surface area contributed by atoms with E-state index >= 15 is 0 Å². The number of aromatic nitrogens is 2. The molecule has 0 saturated carbocycles. The van der Waals surface area contributed by atoms with Crippen molar-refractivity contribution >= 4 is 5.95 Å². The van der Waals surface area contributed by atoms with Crippen molar-refractivity contribution in [3.63, 3.8) is 0 Å². The summed E-state index contributed by atoms with van der Waals surface area (Å²) < 4.78 is 5.20. The second-order valence-electron chi connectivity index (χ2n) is 3.10. The molecule has 1 N–H and O–H groups in total. The molecular formula is C10H17N3O. The van der Waals surface area contributed by atoms with Crippen molar-refractivity contribution in [2.75, 3.05) is 25.1 Å². The highest BCUT2D eigenvalue weighted by atomic mass is 16.5. The molecule has 4 nitrogen and oxygen atoms in total. The summed E-state index contributed by atoms with van der Waals surface area (Å²) in [5, 5.41) is 3.11. The van der Waals surface area contributed by atoms with E-state index in [1.54, 1.807) is 0 Å². The molecule has 4 heteroatoms. The quantitative estimate of drug-likeness (QED) is 0.724. The Bertz CT molecular complexity index is 268. The number of aryl methyl sites for hydroxylation is 2. The third-order valence-electron chi connectivity index (χ3n) is 1.72. The lowest BCUT2D eigenvalue weighted by Gasteiger charge is -2.06. The van der Waals surface area contributed by atoms with Crippen LogP contribution in [0.1, 0.15) is 18.3 Å². The molecule has 0 aliphatic rings. The van der Waals surface area contributed by atoms with Crippen LogP contribution in [0.3, 0.4) is 0 Å². The Morgan fingerprint density at radius 1 is 1.29 bits per heavy atom. The molecule has 0 spiro atoms. The maximum absolute atomic E-state index is 5.20. The number of hydrogen-bond donors (Lipinski definition) is 1. The van der Waals surface area contributed by atoms with Gasteiger partial charge in [0.05, 0.1) is 6.61 Å². The molecule has 0 unspecified atom stereocenters. The summed E-state index contributed by atoms with van der Waals surface area (Å²) in [5.41, 5.74) is 1.97. The first kappa shape index (κ1) is 10.9. The van der Waals surface area contributed by atoms with Gasteiger partial charge in [0.2, 0.25) is 5.95 Å². The van der Waals surface area contributed by atoms with Gasteiger partial charge in [-0.05, 0) is 26.8 Å². The number of ether oxygens (including phenoxy) is 1. The fourth-order valence-electron chi connectivity index (χ4n) is 1.18. The molecule has 1 aromatic rings. The zero-order chi connectivity index (χ0) is 10.4. The number of hydrogen-bond acceptors (Lipinski definition) is 4. The van der Waals surface area contributed by atoms with Gasteiger partial charge in [0, 0.05) is 24.5 Å². The average molecular weight is 195 g/mol. The Morgan fingerprint density at radius 3 is 2.50 bits per heavy atom. The third kappa shape index (κ3) is 3.70. The van der Waals surface area contributed by atoms with Crippen LogP contribution in [0.25, 0.3) is 0 Å². The van der Waals surface area contributed by atoms with E-state index < -0.39 is 0 Å². The number of rotatable bonds is 5. The van der Waals surface area contributed by atoms with Gasteiger partial charge in [0.15, 0.2) is 0 Å². The lowest BCUT2D eigenvalue weighted by Crippen LogP contribution is -2.12. The molecule has 0 fully saturated rings. The Balaban J connectivity index is 2.42. The fraction of sp³-hybridized carbons (Fsp3) is 0.600. The molecule has 0 atom stereocenters. The maximum Gasteiger partial charge on any atom is 0.223 e. The molecule has 0 aromatic carbocycles. The number of nitrogens with zero attached hydrogens (tertiary/aromatic N) is 2. The minimum absolute atomic E-state index is 0.683. The summed E-state index contributed by atoms with van der Waals surface area (Å²) in [6.07, 6.45) is 0. The van der Waals surface area contributed by atoms with Crippen LogP contribution in [-0.2, 0) is 4.74 Å². The molecule has 0 saturated heterocycles. The topological polar surface area (TPSA) is 47.0 Å². The van der Waals surface area contributed by atoms with E-state index in [1.807, 2.05) is 26.8 Å². The molecular weight excluding hydrogens is 178 g/mol. The van der Waals surface area contributed by atoms with Gasteiger partial charge in [0.25, 0.3) is 0 Å². The maximum atomic E-state index is 5.20. The smallest absolute Gasteiger partial charge is 0.223 e. The highest BCUT2D eigenvalue weighted by Gasteiger charge is 1.97. The minimum atomic E-state index is 0.683.